The summed E-state index contributed by atoms with van der Waals surface area (Å²) in [5.74, 6) is 0.106. The highest BCUT2D eigenvalue weighted by molar-refractivity contribution is 6.02. The second-order valence-electron chi connectivity index (χ2n) is 6.22. The third-order valence-electron chi connectivity index (χ3n) is 4.56. The van der Waals surface area contributed by atoms with Gasteiger partial charge in [-0.2, -0.15) is 0 Å². The highest BCUT2D eigenvalue weighted by atomic mass is 16.1. The molecule has 1 atom stereocenters. The number of rotatable bonds is 4. The van der Waals surface area contributed by atoms with E-state index in [9.17, 15) is 4.79 Å². The van der Waals surface area contributed by atoms with Gasteiger partial charge in [0.15, 0.2) is 0 Å². The summed E-state index contributed by atoms with van der Waals surface area (Å²) in [5, 5.41) is 5.35. The van der Waals surface area contributed by atoms with Crippen molar-refractivity contribution in [3.8, 4) is 0 Å². The first-order valence-electron chi connectivity index (χ1n) is 8.26. The quantitative estimate of drug-likeness (QED) is 0.923. The summed E-state index contributed by atoms with van der Waals surface area (Å²) in [7, 11) is 0. The van der Waals surface area contributed by atoms with E-state index in [4.69, 9.17) is 0 Å². The minimum atomic E-state index is 0.106. The third-order valence-corrected chi connectivity index (χ3v) is 4.56. The Labute approximate surface area is 132 Å². The van der Waals surface area contributed by atoms with Crippen molar-refractivity contribution >= 4 is 22.4 Å². The average Bonchev–Trinajstić information content (AvgIpc) is 2.56. The molecule has 0 spiro atoms. The van der Waals surface area contributed by atoms with Crippen molar-refractivity contribution < 1.29 is 4.79 Å². The van der Waals surface area contributed by atoms with Crippen molar-refractivity contribution in [3.05, 3.63) is 42.5 Å². The number of piperidine rings is 1. The van der Waals surface area contributed by atoms with Gasteiger partial charge in [-0.05, 0) is 44.3 Å². The topological polar surface area (TPSA) is 32.3 Å². The molecule has 1 aliphatic rings. The Balaban J connectivity index is 1.65. The van der Waals surface area contributed by atoms with E-state index in [1.165, 1.54) is 19.3 Å². The summed E-state index contributed by atoms with van der Waals surface area (Å²) in [6.07, 6.45) is 4.40. The first-order chi connectivity index (χ1) is 10.7. The third kappa shape index (κ3) is 3.47. The molecule has 1 unspecified atom stereocenters. The fourth-order valence-corrected chi connectivity index (χ4v) is 3.29. The van der Waals surface area contributed by atoms with Crippen LogP contribution in [0.1, 0.15) is 32.6 Å². The lowest BCUT2D eigenvalue weighted by Crippen LogP contribution is -2.39. The molecule has 2 aromatic rings. The molecule has 1 amide bonds. The average molecular weight is 296 g/mol. The normalized spacial score (nSPS) is 17.3. The predicted octanol–water partition coefficient (Wildman–Crippen LogP) is 4.04. The number of carbonyl (C=O) groups excluding carboxylic acids is 1. The summed E-state index contributed by atoms with van der Waals surface area (Å²) in [5.41, 5.74) is 0.911. The summed E-state index contributed by atoms with van der Waals surface area (Å²) in [6, 6.07) is 14.5. The molecule has 1 fully saturated rings. The van der Waals surface area contributed by atoms with E-state index in [0.29, 0.717) is 12.5 Å². The highest BCUT2D eigenvalue weighted by Gasteiger charge is 2.19. The molecular weight excluding hydrogens is 272 g/mol. The lowest BCUT2D eigenvalue weighted by atomic mass is 10.1. The van der Waals surface area contributed by atoms with E-state index in [1.54, 1.807) is 0 Å². The Bertz CT molecular complexity index is 641. The zero-order valence-electron chi connectivity index (χ0n) is 13.2. The van der Waals surface area contributed by atoms with Crippen LogP contribution in [0.15, 0.2) is 42.5 Å². The summed E-state index contributed by atoms with van der Waals surface area (Å²) in [6.45, 7) is 4.42. The standard InChI is InChI=1S/C19H24N2O/c1-15(21-12-5-2-6-13-21)14-19(22)20-18-11-7-9-16-8-3-4-10-17(16)18/h3-4,7-11,15H,2,5-6,12-14H2,1H3,(H,20,22). The van der Waals surface area contributed by atoms with E-state index < -0.39 is 0 Å². The summed E-state index contributed by atoms with van der Waals surface area (Å²) < 4.78 is 0. The van der Waals surface area contributed by atoms with Crippen LogP contribution in [0.4, 0.5) is 5.69 Å². The number of carbonyl (C=O) groups is 1. The van der Waals surface area contributed by atoms with Crippen molar-refractivity contribution in [2.75, 3.05) is 18.4 Å². The van der Waals surface area contributed by atoms with Crippen LogP contribution in [0.2, 0.25) is 0 Å². The van der Waals surface area contributed by atoms with Crippen LogP contribution in [0, 0.1) is 0 Å². The number of nitrogens with zero attached hydrogens (tertiary/aromatic N) is 1. The molecule has 3 rings (SSSR count). The Morgan fingerprint density at radius 2 is 1.82 bits per heavy atom. The van der Waals surface area contributed by atoms with Crippen LogP contribution in [-0.2, 0) is 4.79 Å². The van der Waals surface area contributed by atoms with E-state index in [1.807, 2.05) is 24.3 Å². The molecule has 1 saturated heterocycles. The maximum atomic E-state index is 12.4. The van der Waals surface area contributed by atoms with Crippen LogP contribution in [-0.4, -0.2) is 29.9 Å². The van der Waals surface area contributed by atoms with Gasteiger partial charge in [-0.1, -0.05) is 42.8 Å². The lowest BCUT2D eigenvalue weighted by molar-refractivity contribution is -0.117. The minimum absolute atomic E-state index is 0.106. The van der Waals surface area contributed by atoms with Crippen LogP contribution >= 0.6 is 0 Å². The Kier molecular flexibility index (Phi) is 4.74. The van der Waals surface area contributed by atoms with Gasteiger partial charge in [-0.15, -0.1) is 0 Å². The molecule has 0 bridgehead atoms. The number of amides is 1. The van der Waals surface area contributed by atoms with E-state index >= 15 is 0 Å². The lowest BCUT2D eigenvalue weighted by Gasteiger charge is -2.32. The summed E-state index contributed by atoms with van der Waals surface area (Å²) >= 11 is 0. The fourth-order valence-electron chi connectivity index (χ4n) is 3.29. The fraction of sp³-hybridized carbons (Fsp3) is 0.421. The first-order valence-corrected chi connectivity index (χ1v) is 8.26. The van der Waals surface area contributed by atoms with Gasteiger partial charge in [0.1, 0.15) is 0 Å². The number of fused-ring (bicyclic) bond motifs is 1. The molecule has 0 saturated carbocycles. The molecule has 0 radical (unpaired) electrons. The van der Waals surface area contributed by atoms with Gasteiger partial charge in [-0.25, -0.2) is 0 Å². The van der Waals surface area contributed by atoms with Crippen molar-refractivity contribution in [3.63, 3.8) is 0 Å². The number of likely N-dealkylation sites (tertiary alicyclic amines) is 1. The Morgan fingerprint density at radius 3 is 2.64 bits per heavy atom. The minimum Gasteiger partial charge on any atom is -0.325 e. The van der Waals surface area contributed by atoms with Gasteiger partial charge in [0, 0.05) is 23.5 Å². The molecule has 3 nitrogen and oxygen atoms in total. The van der Waals surface area contributed by atoms with Gasteiger partial charge in [0.2, 0.25) is 5.91 Å². The van der Waals surface area contributed by atoms with E-state index in [2.05, 4.69) is 35.3 Å². The van der Waals surface area contributed by atoms with Crippen LogP contribution in [0.3, 0.4) is 0 Å². The number of nitrogens with one attached hydrogen (secondary N) is 1. The number of hydrogen-bond donors (Lipinski definition) is 1. The van der Waals surface area contributed by atoms with Crippen LogP contribution in [0.25, 0.3) is 10.8 Å². The maximum Gasteiger partial charge on any atom is 0.225 e. The number of anilines is 1. The molecule has 0 aliphatic carbocycles. The predicted molar refractivity (Wildman–Crippen MR) is 92.1 cm³/mol. The van der Waals surface area contributed by atoms with Gasteiger partial charge < -0.3 is 10.2 Å². The Morgan fingerprint density at radius 1 is 1.09 bits per heavy atom. The summed E-state index contributed by atoms with van der Waals surface area (Å²) in [4.78, 5) is 14.8. The zero-order valence-corrected chi connectivity index (χ0v) is 13.2. The SMILES string of the molecule is CC(CC(=O)Nc1cccc2ccccc12)N1CCCCC1. The second kappa shape index (κ2) is 6.93. The molecule has 2 aromatic carbocycles. The maximum absolute atomic E-state index is 12.4. The van der Waals surface area contributed by atoms with E-state index in [0.717, 1.165) is 29.5 Å². The smallest absolute Gasteiger partial charge is 0.225 e. The molecule has 1 N–H and O–H groups in total. The second-order valence-corrected chi connectivity index (χ2v) is 6.22. The molecule has 1 aliphatic heterocycles. The van der Waals surface area contributed by atoms with Crippen molar-refractivity contribution in [1.82, 2.24) is 4.90 Å². The van der Waals surface area contributed by atoms with Gasteiger partial charge in [0.05, 0.1) is 0 Å². The molecule has 116 valence electrons. The zero-order chi connectivity index (χ0) is 15.4. The van der Waals surface area contributed by atoms with Crippen LogP contribution < -0.4 is 5.32 Å². The number of hydrogen-bond acceptors (Lipinski definition) is 2. The first kappa shape index (κ1) is 15.0. The molecule has 1 heterocycles. The van der Waals surface area contributed by atoms with E-state index in [-0.39, 0.29) is 5.91 Å². The number of benzene rings is 2. The van der Waals surface area contributed by atoms with Crippen molar-refractivity contribution in [2.45, 2.75) is 38.6 Å². The van der Waals surface area contributed by atoms with Crippen LogP contribution in [0.5, 0.6) is 0 Å². The molecule has 22 heavy (non-hydrogen) atoms. The van der Waals surface area contributed by atoms with Crippen molar-refractivity contribution in [2.24, 2.45) is 0 Å². The van der Waals surface area contributed by atoms with Crippen molar-refractivity contribution in [1.29, 1.82) is 0 Å². The molecule has 3 heteroatoms. The van der Waals surface area contributed by atoms with Gasteiger partial charge >= 0.3 is 0 Å². The largest absolute Gasteiger partial charge is 0.325 e. The van der Waals surface area contributed by atoms with Gasteiger partial charge in [0.25, 0.3) is 0 Å². The highest BCUT2D eigenvalue weighted by Crippen LogP contribution is 2.23. The molecule has 0 aromatic heterocycles. The monoisotopic (exact) mass is 296 g/mol. The van der Waals surface area contributed by atoms with Gasteiger partial charge in [-0.3, -0.25) is 4.79 Å². The Hall–Kier alpha value is -1.87. The molecular formula is C19H24N2O.